The van der Waals surface area contributed by atoms with E-state index in [2.05, 4.69) is 26.7 Å². The van der Waals surface area contributed by atoms with E-state index in [1.54, 1.807) is 29.8 Å². The van der Waals surface area contributed by atoms with Gasteiger partial charge in [-0.2, -0.15) is 5.10 Å². The van der Waals surface area contributed by atoms with Crippen LogP contribution in [0.1, 0.15) is 29.4 Å². The highest BCUT2D eigenvalue weighted by Gasteiger charge is 2.21. The third-order valence-electron chi connectivity index (χ3n) is 5.45. The molecule has 7 nitrogen and oxygen atoms in total. The summed E-state index contributed by atoms with van der Waals surface area (Å²) in [5.41, 5.74) is 3.51. The number of fused-ring (bicyclic) bond motifs is 2. The lowest BCUT2D eigenvalue weighted by Gasteiger charge is -2.19. The number of pyridine rings is 1. The highest BCUT2D eigenvalue weighted by Crippen LogP contribution is 2.31. The van der Waals surface area contributed by atoms with E-state index in [4.69, 9.17) is 0 Å². The van der Waals surface area contributed by atoms with E-state index < -0.39 is 5.82 Å². The van der Waals surface area contributed by atoms with Crippen molar-refractivity contribution in [2.75, 3.05) is 23.3 Å². The summed E-state index contributed by atoms with van der Waals surface area (Å²) in [4.78, 5) is 19.5. The van der Waals surface area contributed by atoms with Crippen molar-refractivity contribution < 1.29 is 9.18 Å². The number of hydrogen-bond acceptors (Lipinski definition) is 4. The van der Waals surface area contributed by atoms with Crippen molar-refractivity contribution in [1.29, 1.82) is 0 Å². The van der Waals surface area contributed by atoms with Gasteiger partial charge in [-0.1, -0.05) is 0 Å². The van der Waals surface area contributed by atoms with Crippen LogP contribution in [-0.4, -0.2) is 38.2 Å². The van der Waals surface area contributed by atoms with Crippen molar-refractivity contribution in [2.24, 2.45) is 0 Å². The number of rotatable bonds is 4. The minimum absolute atomic E-state index is 0.237. The molecule has 30 heavy (non-hydrogen) atoms. The number of amides is 1. The Hall–Kier alpha value is -3.42. The first kappa shape index (κ1) is 18.6. The van der Waals surface area contributed by atoms with Gasteiger partial charge in [0, 0.05) is 55.4 Å². The number of anilines is 2. The van der Waals surface area contributed by atoms with E-state index in [1.165, 1.54) is 6.07 Å². The topological polar surface area (TPSA) is 67.5 Å². The van der Waals surface area contributed by atoms with Gasteiger partial charge in [-0.05, 0) is 38.8 Å². The minimum Gasteiger partial charge on any atom is -0.371 e. The highest BCUT2D eigenvalue weighted by molar-refractivity contribution is 6.13. The highest BCUT2D eigenvalue weighted by atomic mass is 19.1. The van der Waals surface area contributed by atoms with Crippen LogP contribution in [0.2, 0.25) is 0 Å². The van der Waals surface area contributed by atoms with E-state index in [1.807, 2.05) is 23.9 Å². The lowest BCUT2D eigenvalue weighted by atomic mass is 10.1. The molecule has 1 radical (unpaired) electrons. The summed E-state index contributed by atoms with van der Waals surface area (Å²) in [6.07, 6.45) is 8.66. The molecule has 1 aliphatic heterocycles. The predicted molar refractivity (Wildman–Crippen MR) is 114 cm³/mol. The van der Waals surface area contributed by atoms with E-state index in [0.717, 1.165) is 30.6 Å². The quantitative estimate of drug-likeness (QED) is 0.561. The van der Waals surface area contributed by atoms with E-state index in [-0.39, 0.29) is 11.6 Å². The average Bonchev–Trinajstić information content (AvgIpc) is 3.46. The molecule has 1 amide bonds. The summed E-state index contributed by atoms with van der Waals surface area (Å²) in [5, 5.41) is 8.39. The summed E-state index contributed by atoms with van der Waals surface area (Å²) in [5.74, 6) is -0.807. The van der Waals surface area contributed by atoms with Crippen LogP contribution in [-0.2, 0) is 6.54 Å². The van der Waals surface area contributed by atoms with E-state index in [9.17, 15) is 9.18 Å². The molecule has 8 heteroatoms. The van der Waals surface area contributed by atoms with Crippen LogP contribution in [0, 0.1) is 19.2 Å². The molecule has 1 aliphatic rings. The summed E-state index contributed by atoms with van der Waals surface area (Å²) in [6, 6.07) is 5.06. The molecule has 4 aromatic rings. The molecule has 0 aliphatic carbocycles. The van der Waals surface area contributed by atoms with Crippen LogP contribution < -0.4 is 10.2 Å². The lowest BCUT2D eigenvalue weighted by molar-refractivity contribution is 0.102. The number of hydrogen-bond donors (Lipinski definition) is 1. The van der Waals surface area contributed by atoms with Crippen LogP contribution in [0.5, 0.6) is 0 Å². The molecule has 1 fully saturated rings. The number of carbonyl (C=O) groups is 1. The van der Waals surface area contributed by atoms with Crippen LogP contribution in [0.4, 0.5) is 15.8 Å². The Morgan fingerprint density at radius 3 is 2.90 bits per heavy atom. The maximum absolute atomic E-state index is 14.4. The third kappa shape index (κ3) is 3.08. The Morgan fingerprint density at radius 2 is 2.13 bits per heavy atom. The van der Waals surface area contributed by atoms with Crippen LogP contribution in [0.3, 0.4) is 0 Å². The van der Waals surface area contributed by atoms with Gasteiger partial charge in [-0.15, -0.1) is 0 Å². The van der Waals surface area contributed by atoms with Crippen molar-refractivity contribution in [2.45, 2.75) is 26.8 Å². The minimum atomic E-state index is -0.484. The zero-order valence-corrected chi connectivity index (χ0v) is 16.9. The molecule has 0 unspecified atom stereocenters. The first-order valence-corrected chi connectivity index (χ1v) is 10.1. The molecule has 0 saturated carbocycles. The fraction of sp³-hybridized carbons (Fsp3) is 0.273. The van der Waals surface area contributed by atoms with Crippen LogP contribution in [0.15, 0.2) is 36.8 Å². The van der Waals surface area contributed by atoms with Gasteiger partial charge in [0.05, 0.1) is 16.9 Å². The second kappa shape index (κ2) is 7.12. The number of imidazole rings is 1. The third-order valence-corrected chi connectivity index (χ3v) is 5.45. The fourth-order valence-corrected chi connectivity index (χ4v) is 4.01. The molecule has 1 N–H and O–H groups in total. The Labute approximate surface area is 173 Å². The molecule has 0 spiro atoms. The van der Waals surface area contributed by atoms with Crippen molar-refractivity contribution in [3.05, 3.63) is 60.3 Å². The smallest absolute Gasteiger partial charge is 0.257 e. The second-order valence-electron chi connectivity index (χ2n) is 7.55. The molecule has 153 valence electrons. The maximum Gasteiger partial charge on any atom is 0.257 e. The molecule has 3 aromatic heterocycles. The number of aryl methyl sites for hydroxylation is 2. The Kier molecular flexibility index (Phi) is 4.42. The molecular formula is C22H22FN6O. The molecule has 0 atom stereocenters. The number of nitrogens with zero attached hydrogens (tertiary/aromatic N) is 5. The van der Waals surface area contributed by atoms with Crippen LogP contribution >= 0.6 is 0 Å². The monoisotopic (exact) mass is 405 g/mol. The molecule has 0 bridgehead atoms. The first-order valence-electron chi connectivity index (χ1n) is 10.1. The maximum atomic E-state index is 14.4. The van der Waals surface area contributed by atoms with Gasteiger partial charge in [0.2, 0.25) is 0 Å². The van der Waals surface area contributed by atoms with Gasteiger partial charge < -0.3 is 14.6 Å². The van der Waals surface area contributed by atoms with E-state index >= 15 is 0 Å². The van der Waals surface area contributed by atoms with Gasteiger partial charge in [-0.3, -0.25) is 9.48 Å². The fourth-order valence-electron chi connectivity index (χ4n) is 4.01. The van der Waals surface area contributed by atoms with Gasteiger partial charge >= 0.3 is 0 Å². The number of nitrogens with one attached hydrogen (secondary N) is 1. The van der Waals surface area contributed by atoms with Crippen molar-refractivity contribution in [3.63, 3.8) is 0 Å². The van der Waals surface area contributed by atoms with Crippen molar-refractivity contribution in [1.82, 2.24) is 19.2 Å². The number of halogens is 1. The average molecular weight is 405 g/mol. The Balaban J connectivity index is 1.53. The lowest BCUT2D eigenvalue weighted by Crippen LogP contribution is -2.19. The van der Waals surface area contributed by atoms with E-state index in [0.29, 0.717) is 29.0 Å². The van der Waals surface area contributed by atoms with Crippen molar-refractivity contribution >= 4 is 33.8 Å². The van der Waals surface area contributed by atoms with Crippen molar-refractivity contribution in [3.8, 4) is 0 Å². The second-order valence-corrected chi connectivity index (χ2v) is 7.55. The molecule has 4 heterocycles. The summed E-state index contributed by atoms with van der Waals surface area (Å²) < 4.78 is 17.8. The Bertz CT molecular complexity index is 1270. The molecular weight excluding hydrogens is 383 g/mol. The van der Waals surface area contributed by atoms with Gasteiger partial charge in [0.1, 0.15) is 5.52 Å². The summed E-state index contributed by atoms with van der Waals surface area (Å²) in [7, 11) is 0. The molecule has 5 rings (SSSR count). The number of carbonyl (C=O) groups excluding carboxylic acids is 1. The normalized spacial score (nSPS) is 14.2. The van der Waals surface area contributed by atoms with Gasteiger partial charge in [-0.25, -0.2) is 9.37 Å². The largest absolute Gasteiger partial charge is 0.371 e. The summed E-state index contributed by atoms with van der Waals surface area (Å²) in [6.45, 7) is 6.37. The Morgan fingerprint density at radius 1 is 1.27 bits per heavy atom. The SMILES string of the molecule is CCn1cc2c(N3C[CH]CC3)ccc(C(=O)Nc3cc(F)c4nc(C)cn4c3)c2n1. The van der Waals surface area contributed by atoms with Gasteiger partial charge in [0.15, 0.2) is 11.5 Å². The molecule has 1 saturated heterocycles. The van der Waals surface area contributed by atoms with Gasteiger partial charge in [0.25, 0.3) is 5.91 Å². The summed E-state index contributed by atoms with van der Waals surface area (Å²) >= 11 is 0. The zero-order chi connectivity index (χ0) is 20.8. The standard InChI is InChI=1S/C22H22FN6O/c1-3-29-13-17-19(27-8-4-5-9-27)7-6-16(20(17)26-29)22(30)25-15-10-18(23)21-24-14(2)11-28(21)12-15/h4,6-7,10-13H,3,5,8-9H2,1-2H3,(H,25,30). The zero-order valence-electron chi connectivity index (χ0n) is 16.9. The first-order chi connectivity index (χ1) is 14.5. The number of benzene rings is 1. The molecule has 1 aromatic carbocycles. The number of aromatic nitrogens is 4. The predicted octanol–water partition coefficient (Wildman–Crippen LogP) is 3.82. The van der Waals surface area contributed by atoms with Crippen LogP contribution in [0.25, 0.3) is 16.6 Å².